The van der Waals surface area contributed by atoms with E-state index in [1.807, 2.05) is 0 Å². The molecule has 0 amide bonds. The lowest BCUT2D eigenvalue weighted by atomic mass is 10.0. The van der Waals surface area contributed by atoms with Crippen molar-refractivity contribution in [2.75, 3.05) is 5.32 Å². The van der Waals surface area contributed by atoms with Crippen molar-refractivity contribution in [1.82, 2.24) is 0 Å². The van der Waals surface area contributed by atoms with E-state index >= 15 is 0 Å². The fraction of sp³-hybridized carbons (Fsp3) is 0.182. The number of hydrogen-bond acceptors (Lipinski definition) is 1. The van der Waals surface area contributed by atoms with E-state index in [1.54, 1.807) is 0 Å². The maximum absolute atomic E-state index is 3.55. The van der Waals surface area contributed by atoms with Gasteiger partial charge in [0.2, 0.25) is 0 Å². The van der Waals surface area contributed by atoms with Crippen LogP contribution in [0.2, 0.25) is 0 Å². The SMILES string of the molecule is CCCCc1ccc(Nc2ccccc2-c2ccccc2)cc1. The number of rotatable bonds is 6. The smallest absolute Gasteiger partial charge is 0.0463 e. The summed E-state index contributed by atoms with van der Waals surface area (Å²) in [5.41, 5.74) is 6.14. The van der Waals surface area contributed by atoms with Crippen LogP contribution in [0.15, 0.2) is 78.9 Å². The molecule has 1 nitrogen and oxygen atoms in total. The van der Waals surface area contributed by atoms with Gasteiger partial charge >= 0.3 is 0 Å². The van der Waals surface area contributed by atoms with Crippen LogP contribution in [0, 0.1) is 0 Å². The molecule has 1 N–H and O–H groups in total. The van der Waals surface area contributed by atoms with Crippen LogP contribution in [0.25, 0.3) is 11.1 Å². The molecule has 0 aliphatic heterocycles. The van der Waals surface area contributed by atoms with Crippen LogP contribution < -0.4 is 5.32 Å². The van der Waals surface area contributed by atoms with E-state index < -0.39 is 0 Å². The summed E-state index contributed by atoms with van der Waals surface area (Å²) in [5, 5.41) is 3.55. The van der Waals surface area contributed by atoms with Gasteiger partial charge < -0.3 is 5.32 Å². The highest BCUT2D eigenvalue weighted by Crippen LogP contribution is 2.30. The monoisotopic (exact) mass is 301 g/mol. The predicted octanol–water partition coefficient (Wildman–Crippen LogP) is 6.44. The molecule has 0 saturated heterocycles. The van der Waals surface area contributed by atoms with Gasteiger partial charge in [-0.15, -0.1) is 0 Å². The van der Waals surface area contributed by atoms with Crippen molar-refractivity contribution in [3.05, 3.63) is 84.4 Å². The summed E-state index contributed by atoms with van der Waals surface area (Å²) in [6.07, 6.45) is 3.66. The highest BCUT2D eigenvalue weighted by atomic mass is 14.9. The molecule has 116 valence electrons. The van der Waals surface area contributed by atoms with E-state index in [4.69, 9.17) is 0 Å². The van der Waals surface area contributed by atoms with Gasteiger partial charge in [-0.3, -0.25) is 0 Å². The number of aryl methyl sites for hydroxylation is 1. The van der Waals surface area contributed by atoms with E-state index in [0.717, 1.165) is 17.8 Å². The summed E-state index contributed by atoms with van der Waals surface area (Å²) in [6, 6.07) is 27.7. The predicted molar refractivity (Wildman–Crippen MR) is 100 cm³/mol. The second kappa shape index (κ2) is 7.64. The minimum absolute atomic E-state index is 1.13. The van der Waals surface area contributed by atoms with Gasteiger partial charge in [0, 0.05) is 16.9 Å². The third-order valence-corrected chi connectivity index (χ3v) is 4.06. The van der Waals surface area contributed by atoms with Crippen LogP contribution >= 0.6 is 0 Å². The minimum Gasteiger partial charge on any atom is -0.355 e. The van der Waals surface area contributed by atoms with Crippen LogP contribution in [0.1, 0.15) is 25.3 Å². The fourth-order valence-corrected chi connectivity index (χ4v) is 2.75. The maximum atomic E-state index is 3.55. The zero-order valence-electron chi connectivity index (χ0n) is 13.6. The number of anilines is 2. The first-order valence-electron chi connectivity index (χ1n) is 8.37. The van der Waals surface area contributed by atoms with Crippen molar-refractivity contribution in [2.24, 2.45) is 0 Å². The molecule has 0 bridgehead atoms. The lowest BCUT2D eigenvalue weighted by Crippen LogP contribution is -1.94. The van der Waals surface area contributed by atoms with E-state index in [2.05, 4.69) is 91.1 Å². The van der Waals surface area contributed by atoms with Crippen molar-refractivity contribution in [3.63, 3.8) is 0 Å². The normalized spacial score (nSPS) is 10.5. The largest absolute Gasteiger partial charge is 0.355 e. The minimum atomic E-state index is 1.13. The van der Waals surface area contributed by atoms with Crippen molar-refractivity contribution in [1.29, 1.82) is 0 Å². The molecule has 0 aliphatic carbocycles. The van der Waals surface area contributed by atoms with Crippen LogP contribution in [-0.4, -0.2) is 0 Å². The molecule has 3 rings (SSSR count). The van der Waals surface area contributed by atoms with Crippen molar-refractivity contribution in [2.45, 2.75) is 26.2 Å². The quantitative estimate of drug-likeness (QED) is 0.552. The van der Waals surface area contributed by atoms with Crippen molar-refractivity contribution < 1.29 is 0 Å². The molecule has 0 fully saturated rings. The Morgan fingerprint density at radius 1 is 0.739 bits per heavy atom. The Morgan fingerprint density at radius 2 is 1.43 bits per heavy atom. The molecule has 23 heavy (non-hydrogen) atoms. The van der Waals surface area contributed by atoms with Gasteiger partial charge in [0.15, 0.2) is 0 Å². The lowest BCUT2D eigenvalue weighted by Gasteiger charge is -2.13. The molecule has 3 aromatic rings. The Balaban J connectivity index is 1.81. The molecule has 0 aliphatic rings. The highest BCUT2D eigenvalue weighted by Gasteiger charge is 2.04. The molecule has 0 aromatic heterocycles. The van der Waals surface area contributed by atoms with E-state index in [-0.39, 0.29) is 0 Å². The summed E-state index contributed by atoms with van der Waals surface area (Å²) < 4.78 is 0. The maximum Gasteiger partial charge on any atom is 0.0463 e. The average Bonchev–Trinajstić information content (AvgIpc) is 2.62. The first-order chi connectivity index (χ1) is 11.4. The Kier molecular flexibility index (Phi) is 5.10. The summed E-state index contributed by atoms with van der Waals surface area (Å²) in [7, 11) is 0. The van der Waals surface area contributed by atoms with E-state index in [1.165, 1.54) is 29.5 Å². The Morgan fingerprint density at radius 3 is 2.17 bits per heavy atom. The topological polar surface area (TPSA) is 12.0 Å². The average molecular weight is 301 g/mol. The number of hydrogen-bond donors (Lipinski definition) is 1. The standard InChI is InChI=1S/C22H23N/c1-2-3-9-18-14-16-20(17-15-18)23-22-13-8-7-12-21(22)19-10-5-4-6-11-19/h4-8,10-17,23H,2-3,9H2,1H3. The van der Waals surface area contributed by atoms with Crippen LogP contribution in [0.4, 0.5) is 11.4 Å². The van der Waals surface area contributed by atoms with Gasteiger partial charge in [0.25, 0.3) is 0 Å². The lowest BCUT2D eigenvalue weighted by molar-refractivity contribution is 0.795. The molecule has 3 aromatic carbocycles. The first kappa shape index (κ1) is 15.4. The number of unbranched alkanes of at least 4 members (excludes halogenated alkanes) is 1. The zero-order chi connectivity index (χ0) is 15.9. The van der Waals surface area contributed by atoms with Gasteiger partial charge in [-0.25, -0.2) is 0 Å². The van der Waals surface area contributed by atoms with Gasteiger partial charge in [-0.05, 0) is 42.2 Å². The molecular formula is C22H23N. The third kappa shape index (κ3) is 4.01. The first-order valence-corrected chi connectivity index (χ1v) is 8.37. The Labute approximate surface area is 139 Å². The molecular weight excluding hydrogens is 278 g/mol. The van der Waals surface area contributed by atoms with Gasteiger partial charge in [-0.1, -0.05) is 74.0 Å². The number of para-hydroxylation sites is 1. The Hall–Kier alpha value is -2.54. The Bertz CT molecular complexity index is 729. The molecule has 0 radical (unpaired) electrons. The molecule has 0 unspecified atom stereocenters. The van der Waals surface area contributed by atoms with E-state index in [0.29, 0.717) is 0 Å². The van der Waals surface area contributed by atoms with Crippen molar-refractivity contribution >= 4 is 11.4 Å². The van der Waals surface area contributed by atoms with Gasteiger partial charge in [0.1, 0.15) is 0 Å². The number of benzene rings is 3. The molecule has 0 saturated carbocycles. The van der Waals surface area contributed by atoms with Crippen molar-refractivity contribution in [3.8, 4) is 11.1 Å². The third-order valence-electron chi connectivity index (χ3n) is 4.06. The van der Waals surface area contributed by atoms with Gasteiger partial charge in [-0.2, -0.15) is 0 Å². The summed E-state index contributed by atoms with van der Waals surface area (Å²) >= 11 is 0. The fourth-order valence-electron chi connectivity index (χ4n) is 2.75. The zero-order valence-corrected chi connectivity index (χ0v) is 13.6. The van der Waals surface area contributed by atoms with Crippen LogP contribution in [0.3, 0.4) is 0 Å². The molecule has 0 spiro atoms. The summed E-state index contributed by atoms with van der Waals surface area (Å²) in [5.74, 6) is 0. The second-order valence-electron chi connectivity index (χ2n) is 5.84. The van der Waals surface area contributed by atoms with Gasteiger partial charge in [0.05, 0.1) is 0 Å². The molecule has 0 heterocycles. The highest BCUT2D eigenvalue weighted by molar-refractivity contribution is 5.80. The van der Waals surface area contributed by atoms with Crippen LogP contribution in [0.5, 0.6) is 0 Å². The number of nitrogens with one attached hydrogen (secondary N) is 1. The van der Waals surface area contributed by atoms with Crippen LogP contribution in [-0.2, 0) is 6.42 Å². The molecule has 1 heteroatoms. The summed E-state index contributed by atoms with van der Waals surface area (Å²) in [4.78, 5) is 0. The van der Waals surface area contributed by atoms with E-state index in [9.17, 15) is 0 Å². The second-order valence-corrected chi connectivity index (χ2v) is 5.84. The summed E-state index contributed by atoms with van der Waals surface area (Å²) in [6.45, 7) is 2.23. The molecule has 0 atom stereocenters.